The van der Waals surface area contributed by atoms with Crippen molar-refractivity contribution in [1.82, 2.24) is 5.43 Å². The van der Waals surface area contributed by atoms with E-state index in [1.165, 1.54) is 0 Å². The second-order valence-electron chi connectivity index (χ2n) is 2.61. The summed E-state index contributed by atoms with van der Waals surface area (Å²) >= 11 is 0. The first-order valence-corrected chi connectivity index (χ1v) is 3.95. The van der Waals surface area contributed by atoms with Crippen LogP contribution in [0.3, 0.4) is 0 Å². The summed E-state index contributed by atoms with van der Waals surface area (Å²) in [6.45, 7) is 5.95. The van der Waals surface area contributed by atoms with Crippen molar-refractivity contribution in [3.63, 3.8) is 0 Å². The van der Waals surface area contributed by atoms with E-state index in [9.17, 15) is 0 Å². The number of nitrogens with one attached hydrogen (secondary N) is 1. The molecule has 0 radical (unpaired) electrons. The Morgan fingerprint density at radius 1 is 1.25 bits per heavy atom. The Labute approximate surface area is 74.3 Å². The van der Waals surface area contributed by atoms with Crippen molar-refractivity contribution in [1.29, 1.82) is 0 Å². The van der Waals surface area contributed by atoms with Crippen molar-refractivity contribution >= 4 is 11.4 Å². The van der Waals surface area contributed by atoms with Gasteiger partial charge in [-0.1, -0.05) is 0 Å². The molecule has 0 aromatic rings. The number of hydrogen-bond donors (Lipinski definition) is 1. The van der Waals surface area contributed by atoms with E-state index in [1.54, 1.807) is 14.1 Å². The Balaban J connectivity index is 4.48. The second kappa shape index (κ2) is 5.52. The predicted molar refractivity (Wildman–Crippen MR) is 55.0 cm³/mol. The van der Waals surface area contributed by atoms with E-state index in [2.05, 4.69) is 15.5 Å². The molecule has 0 aliphatic carbocycles. The van der Waals surface area contributed by atoms with Gasteiger partial charge in [0.25, 0.3) is 0 Å². The molecule has 68 valence electrons. The minimum Gasteiger partial charge on any atom is -0.313 e. The Morgan fingerprint density at radius 3 is 2.25 bits per heavy atom. The maximum absolute atomic E-state index is 4.06. The summed E-state index contributed by atoms with van der Waals surface area (Å²) in [5, 5.41) is 4.06. The highest BCUT2D eigenvalue weighted by atomic mass is 15.3. The first-order valence-electron chi connectivity index (χ1n) is 3.95. The van der Waals surface area contributed by atoms with Crippen molar-refractivity contribution < 1.29 is 0 Å². The van der Waals surface area contributed by atoms with Gasteiger partial charge in [-0.25, -0.2) is 0 Å². The fraction of sp³-hybridized carbons (Fsp3) is 0.556. The Morgan fingerprint density at radius 2 is 1.83 bits per heavy atom. The van der Waals surface area contributed by atoms with Crippen molar-refractivity contribution in [3.8, 4) is 0 Å². The van der Waals surface area contributed by atoms with Gasteiger partial charge in [0, 0.05) is 19.8 Å². The molecule has 0 fully saturated rings. The molecule has 0 bridgehead atoms. The molecule has 0 amide bonds. The zero-order chi connectivity index (χ0) is 9.56. The van der Waals surface area contributed by atoms with E-state index in [-0.39, 0.29) is 0 Å². The van der Waals surface area contributed by atoms with Gasteiger partial charge in [-0.15, -0.1) is 0 Å². The lowest BCUT2D eigenvalue weighted by molar-refractivity contribution is 0.899. The highest BCUT2D eigenvalue weighted by Crippen LogP contribution is 1.96. The molecule has 0 heterocycles. The van der Waals surface area contributed by atoms with Gasteiger partial charge in [0.2, 0.25) is 0 Å². The summed E-state index contributed by atoms with van der Waals surface area (Å²) in [4.78, 5) is 4.04. The standard InChI is InChI=1S/C9H17N3/c1-7(6-8(2)10-4)9(3)12-11-5/h6,11H,1-5H3/b7-6-,10-8-,12-9?. The molecule has 3 nitrogen and oxygen atoms in total. The molecule has 0 aliphatic rings. The molecule has 0 saturated heterocycles. The first-order chi connectivity index (χ1) is 5.61. The van der Waals surface area contributed by atoms with Gasteiger partial charge < -0.3 is 5.43 Å². The maximum atomic E-state index is 4.06. The molecule has 0 spiro atoms. The van der Waals surface area contributed by atoms with Gasteiger partial charge >= 0.3 is 0 Å². The molecule has 0 unspecified atom stereocenters. The predicted octanol–water partition coefficient (Wildman–Crippen LogP) is 1.62. The number of hydrazone groups is 1. The summed E-state index contributed by atoms with van der Waals surface area (Å²) in [7, 11) is 3.57. The van der Waals surface area contributed by atoms with Crippen LogP contribution in [0.15, 0.2) is 21.7 Å². The lowest BCUT2D eigenvalue weighted by atomic mass is 10.1. The quantitative estimate of drug-likeness (QED) is 0.503. The van der Waals surface area contributed by atoms with Crippen LogP contribution in [0.4, 0.5) is 0 Å². The minimum atomic E-state index is 0.987. The lowest BCUT2D eigenvalue weighted by Gasteiger charge is -1.99. The zero-order valence-corrected chi connectivity index (χ0v) is 8.47. The van der Waals surface area contributed by atoms with Crippen molar-refractivity contribution in [2.75, 3.05) is 14.1 Å². The van der Waals surface area contributed by atoms with Crippen molar-refractivity contribution in [2.24, 2.45) is 10.1 Å². The van der Waals surface area contributed by atoms with Crippen molar-refractivity contribution in [3.05, 3.63) is 11.6 Å². The second-order valence-corrected chi connectivity index (χ2v) is 2.61. The van der Waals surface area contributed by atoms with Gasteiger partial charge in [0.1, 0.15) is 0 Å². The highest BCUT2D eigenvalue weighted by Gasteiger charge is 1.94. The van der Waals surface area contributed by atoms with E-state index in [0.29, 0.717) is 0 Å². The third-order valence-electron chi connectivity index (χ3n) is 1.63. The number of aliphatic imine (C=N–C) groups is 1. The SMILES string of the molecule is C/N=C(C)\C=C(\C)C(C)=NNC. The van der Waals surface area contributed by atoms with Gasteiger partial charge in [0.15, 0.2) is 0 Å². The van der Waals surface area contributed by atoms with E-state index in [4.69, 9.17) is 0 Å². The fourth-order valence-corrected chi connectivity index (χ4v) is 0.738. The maximum Gasteiger partial charge on any atom is 0.0601 e. The fourth-order valence-electron chi connectivity index (χ4n) is 0.738. The monoisotopic (exact) mass is 167 g/mol. The first kappa shape index (κ1) is 10.9. The van der Waals surface area contributed by atoms with E-state index in [1.807, 2.05) is 26.8 Å². The summed E-state index contributed by atoms with van der Waals surface area (Å²) in [6.07, 6.45) is 2.01. The van der Waals surface area contributed by atoms with Gasteiger partial charge in [0.05, 0.1) is 5.71 Å². The number of hydrogen-bond acceptors (Lipinski definition) is 3. The molecule has 1 N–H and O–H groups in total. The number of rotatable bonds is 3. The third kappa shape index (κ3) is 3.91. The van der Waals surface area contributed by atoms with Crippen LogP contribution in [-0.2, 0) is 0 Å². The molecule has 3 heteroatoms. The van der Waals surface area contributed by atoms with Crippen molar-refractivity contribution in [2.45, 2.75) is 20.8 Å². The zero-order valence-electron chi connectivity index (χ0n) is 8.47. The van der Waals surface area contributed by atoms with Crippen LogP contribution in [0, 0.1) is 0 Å². The Bertz CT molecular complexity index is 224. The molecular weight excluding hydrogens is 150 g/mol. The summed E-state index contributed by atoms with van der Waals surface area (Å²) in [5.41, 5.74) is 5.88. The molecule has 0 aliphatic heterocycles. The van der Waals surface area contributed by atoms with Crippen LogP contribution in [0.25, 0.3) is 0 Å². The number of nitrogens with zero attached hydrogens (tertiary/aromatic N) is 2. The Kier molecular flexibility index (Phi) is 5.00. The van der Waals surface area contributed by atoms with Crippen LogP contribution in [0.2, 0.25) is 0 Å². The molecule has 12 heavy (non-hydrogen) atoms. The van der Waals surface area contributed by atoms with Gasteiger partial charge in [-0.3, -0.25) is 4.99 Å². The van der Waals surface area contributed by atoms with Crippen LogP contribution >= 0.6 is 0 Å². The summed E-state index contributed by atoms with van der Waals surface area (Å²) in [5.74, 6) is 0. The lowest BCUT2D eigenvalue weighted by Crippen LogP contribution is -2.03. The molecule has 0 aromatic carbocycles. The molecule has 0 saturated carbocycles. The van der Waals surface area contributed by atoms with Crippen LogP contribution in [0.5, 0.6) is 0 Å². The number of allylic oxidation sites excluding steroid dienone is 2. The molecule has 0 rings (SSSR count). The van der Waals surface area contributed by atoms with Crippen LogP contribution < -0.4 is 5.43 Å². The van der Waals surface area contributed by atoms with Crippen LogP contribution in [0.1, 0.15) is 20.8 Å². The van der Waals surface area contributed by atoms with Crippen LogP contribution in [-0.4, -0.2) is 25.5 Å². The van der Waals surface area contributed by atoms with E-state index in [0.717, 1.165) is 17.0 Å². The smallest absolute Gasteiger partial charge is 0.0601 e. The van der Waals surface area contributed by atoms with E-state index >= 15 is 0 Å². The summed E-state index contributed by atoms with van der Waals surface area (Å²) < 4.78 is 0. The van der Waals surface area contributed by atoms with E-state index < -0.39 is 0 Å². The molecule has 0 aromatic heterocycles. The normalized spacial score (nSPS) is 14.9. The summed E-state index contributed by atoms with van der Waals surface area (Å²) in [6, 6.07) is 0. The average Bonchev–Trinajstić information content (AvgIpc) is 2.04. The van der Waals surface area contributed by atoms with Gasteiger partial charge in [-0.05, 0) is 32.4 Å². The Hall–Kier alpha value is -1.12. The average molecular weight is 167 g/mol. The van der Waals surface area contributed by atoms with Gasteiger partial charge in [-0.2, -0.15) is 5.10 Å². The topological polar surface area (TPSA) is 36.8 Å². The molecular formula is C9H17N3. The largest absolute Gasteiger partial charge is 0.313 e. The minimum absolute atomic E-state index is 0.987. The highest BCUT2D eigenvalue weighted by molar-refractivity contribution is 6.04. The molecule has 0 atom stereocenters. The third-order valence-corrected chi connectivity index (χ3v) is 1.63.